The van der Waals surface area contributed by atoms with Gasteiger partial charge in [-0.05, 0) is 37.2 Å². The zero-order valence-electron chi connectivity index (χ0n) is 8.50. The first-order valence-corrected chi connectivity index (χ1v) is 6.49. The number of thioether (sulfide) groups is 1. The largest absolute Gasteiger partial charge is 0.388 e. The molecule has 2 saturated heterocycles. The predicted molar refractivity (Wildman–Crippen MR) is 58.5 cm³/mol. The van der Waals surface area contributed by atoms with Crippen LogP contribution in [0.2, 0.25) is 0 Å². The van der Waals surface area contributed by atoms with Crippen molar-refractivity contribution in [2.75, 3.05) is 24.7 Å². The van der Waals surface area contributed by atoms with E-state index in [-0.39, 0.29) is 0 Å². The van der Waals surface area contributed by atoms with E-state index in [1.54, 1.807) is 0 Å². The van der Waals surface area contributed by atoms with E-state index in [9.17, 15) is 5.11 Å². The van der Waals surface area contributed by atoms with Crippen molar-refractivity contribution in [2.45, 2.75) is 36.8 Å². The van der Waals surface area contributed by atoms with E-state index in [1.165, 1.54) is 0 Å². The normalized spacial score (nSPS) is 31.3. The molecule has 0 unspecified atom stereocenters. The minimum atomic E-state index is -0.637. The minimum absolute atomic E-state index is 0.397. The molecule has 0 aromatic carbocycles. The van der Waals surface area contributed by atoms with Crippen molar-refractivity contribution in [3.05, 3.63) is 0 Å². The molecule has 0 amide bonds. The van der Waals surface area contributed by atoms with Crippen molar-refractivity contribution < 1.29 is 9.84 Å². The molecule has 3 nitrogen and oxygen atoms in total. The average molecular weight is 217 g/mol. The fourth-order valence-corrected chi connectivity index (χ4v) is 3.58. The SMILES string of the molecule is NC1(C2(O)CCSCC2)CCOCC1. The molecule has 2 rings (SSSR count). The Hall–Kier alpha value is 0.230. The third kappa shape index (κ3) is 1.81. The second-order valence-corrected chi connectivity index (χ2v) is 5.64. The van der Waals surface area contributed by atoms with Gasteiger partial charge in [0, 0.05) is 18.8 Å². The Balaban J connectivity index is 2.09. The Bertz CT molecular complexity index is 176. The van der Waals surface area contributed by atoms with Crippen LogP contribution in [-0.4, -0.2) is 41.0 Å². The molecule has 0 radical (unpaired) electrons. The minimum Gasteiger partial charge on any atom is -0.388 e. The van der Waals surface area contributed by atoms with Gasteiger partial charge in [0.25, 0.3) is 0 Å². The van der Waals surface area contributed by atoms with Gasteiger partial charge in [-0.25, -0.2) is 0 Å². The molecule has 2 aliphatic rings. The zero-order valence-corrected chi connectivity index (χ0v) is 9.31. The van der Waals surface area contributed by atoms with Crippen LogP contribution < -0.4 is 5.73 Å². The molecule has 4 heteroatoms. The molecule has 0 atom stereocenters. The van der Waals surface area contributed by atoms with E-state index in [4.69, 9.17) is 10.5 Å². The fraction of sp³-hybridized carbons (Fsp3) is 1.00. The van der Waals surface area contributed by atoms with Gasteiger partial charge >= 0.3 is 0 Å². The van der Waals surface area contributed by atoms with Gasteiger partial charge in [-0.2, -0.15) is 11.8 Å². The number of hydrogen-bond donors (Lipinski definition) is 2. The number of ether oxygens (including phenoxy) is 1. The first-order valence-electron chi connectivity index (χ1n) is 5.33. The lowest BCUT2D eigenvalue weighted by Crippen LogP contribution is -2.64. The third-order valence-electron chi connectivity index (χ3n) is 3.63. The summed E-state index contributed by atoms with van der Waals surface area (Å²) in [6, 6.07) is 0. The monoisotopic (exact) mass is 217 g/mol. The van der Waals surface area contributed by atoms with Crippen molar-refractivity contribution in [3.63, 3.8) is 0 Å². The third-order valence-corrected chi connectivity index (χ3v) is 4.62. The summed E-state index contributed by atoms with van der Waals surface area (Å²) >= 11 is 1.91. The van der Waals surface area contributed by atoms with Crippen molar-refractivity contribution in [2.24, 2.45) is 5.73 Å². The van der Waals surface area contributed by atoms with Crippen LogP contribution in [0, 0.1) is 0 Å². The number of nitrogens with two attached hydrogens (primary N) is 1. The van der Waals surface area contributed by atoms with E-state index in [0.717, 1.165) is 37.2 Å². The first-order chi connectivity index (χ1) is 6.66. The van der Waals surface area contributed by atoms with Crippen LogP contribution in [0.5, 0.6) is 0 Å². The second kappa shape index (κ2) is 4.00. The lowest BCUT2D eigenvalue weighted by Gasteiger charge is -2.48. The molecule has 0 aromatic rings. The molecule has 82 valence electrons. The lowest BCUT2D eigenvalue weighted by molar-refractivity contribution is -0.0873. The Morgan fingerprint density at radius 3 is 2.21 bits per heavy atom. The van der Waals surface area contributed by atoms with E-state index >= 15 is 0 Å². The fourth-order valence-electron chi connectivity index (χ4n) is 2.41. The molecular formula is C10H19NO2S. The highest BCUT2D eigenvalue weighted by Gasteiger charge is 2.48. The van der Waals surface area contributed by atoms with Crippen LogP contribution >= 0.6 is 11.8 Å². The van der Waals surface area contributed by atoms with Gasteiger partial charge in [-0.3, -0.25) is 0 Å². The summed E-state index contributed by atoms with van der Waals surface area (Å²) in [6.45, 7) is 1.40. The summed E-state index contributed by atoms with van der Waals surface area (Å²) < 4.78 is 5.30. The van der Waals surface area contributed by atoms with Gasteiger partial charge in [-0.1, -0.05) is 0 Å². The summed E-state index contributed by atoms with van der Waals surface area (Å²) in [7, 11) is 0. The highest BCUT2D eigenvalue weighted by molar-refractivity contribution is 7.99. The van der Waals surface area contributed by atoms with Gasteiger partial charge in [0.1, 0.15) is 0 Å². The molecule has 3 N–H and O–H groups in total. The van der Waals surface area contributed by atoms with Crippen LogP contribution in [0.3, 0.4) is 0 Å². The molecule has 0 aromatic heterocycles. The molecule has 0 aliphatic carbocycles. The van der Waals surface area contributed by atoms with Crippen LogP contribution in [0.4, 0.5) is 0 Å². The topological polar surface area (TPSA) is 55.5 Å². The Morgan fingerprint density at radius 1 is 1.07 bits per heavy atom. The zero-order chi connectivity index (χ0) is 10.1. The molecule has 2 heterocycles. The molecule has 0 spiro atoms. The maximum atomic E-state index is 10.6. The maximum Gasteiger partial charge on any atom is 0.0843 e. The van der Waals surface area contributed by atoms with E-state index in [2.05, 4.69) is 0 Å². The molecule has 2 aliphatic heterocycles. The molecule has 2 fully saturated rings. The summed E-state index contributed by atoms with van der Waals surface area (Å²) in [4.78, 5) is 0. The van der Waals surface area contributed by atoms with E-state index in [0.29, 0.717) is 13.2 Å². The molecular weight excluding hydrogens is 198 g/mol. The van der Waals surface area contributed by atoms with Gasteiger partial charge in [-0.15, -0.1) is 0 Å². The summed E-state index contributed by atoms with van der Waals surface area (Å²) in [5.74, 6) is 2.08. The van der Waals surface area contributed by atoms with Crippen molar-refractivity contribution in [3.8, 4) is 0 Å². The average Bonchev–Trinajstić information content (AvgIpc) is 2.20. The lowest BCUT2D eigenvalue weighted by atomic mass is 9.71. The quantitative estimate of drug-likeness (QED) is 0.680. The highest BCUT2D eigenvalue weighted by Crippen LogP contribution is 2.39. The van der Waals surface area contributed by atoms with Crippen LogP contribution in [0.1, 0.15) is 25.7 Å². The molecule has 14 heavy (non-hydrogen) atoms. The predicted octanol–water partition coefficient (Wildman–Crippen LogP) is 0.752. The first kappa shape index (κ1) is 10.7. The Morgan fingerprint density at radius 2 is 1.64 bits per heavy atom. The van der Waals surface area contributed by atoms with Gasteiger partial charge < -0.3 is 15.6 Å². The van der Waals surface area contributed by atoms with Crippen LogP contribution in [0.25, 0.3) is 0 Å². The number of hydrogen-bond acceptors (Lipinski definition) is 4. The second-order valence-electron chi connectivity index (χ2n) is 4.41. The van der Waals surface area contributed by atoms with Crippen LogP contribution in [-0.2, 0) is 4.74 Å². The standard InChI is InChI=1S/C10H19NO2S/c11-9(1-5-13-6-2-9)10(12)3-7-14-8-4-10/h12H,1-8,11H2. The van der Waals surface area contributed by atoms with E-state index in [1.807, 2.05) is 11.8 Å². The van der Waals surface area contributed by atoms with Crippen molar-refractivity contribution in [1.29, 1.82) is 0 Å². The molecule has 0 saturated carbocycles. The van der Waals surface area contributed by atoms with Gasteiger partial charge in [0.15, 0.2) is 0 Å². The maximum absolute atomic E-state index is 10.6. The summed E-state index contributed by atoms with van der Waals surface area (Å²) in [5, 5.41) is 10.6. The molecule has 0 bridgehead atoms. The van der Waals surface area contributed by atoms with Crippen LogP contribution in [0.15, 0.2) is 0 Å². The Labute approximate surface area is 89.4 Å². The highest BCUT2D eigenvalue weighted by atomic mass is 32.2. The van der Waals surface area contributed by atoms with Crippen molar-refractivity contribution >= 4 is 11.8 Å². The van der Waals surface area contributed by atoms with Gasteiger partial charge in [0.2, 0.25) is 0 Å². The van der Waals surface area contributed by atoms with Gasteiger partial charge in [0.05, 0.1) is 5.60 Å². The van der Waals surface area contributed by atoms with E-state index < -0.39 is 11.1 Å². The Kier molecular flexibility index (Phi) is 3.07. The number of aliphatic hydroxyl groups is 1. The smallest absolute Gasteiger partial charge is 0.0843 e. The number of rotatable bonds is 1. The summed E-state index contributed by atoms with van der Waals surface area (Å²) in [6.07, 6.45) is 3.28. The summed E-state index contributed by atoms with van der Waals surface area (Å²) in [5.41, 5.74) is 5.30. The van der Waals surface area contributed by atoms with Crippen molar-refractivity contribution in [1.82, 2.24) is 0 Å².